The maximum absolute atomic E-state index is 12.6. The molecule has 6 nitrogen and oxygen atoms in total. The summed E-state index contributed by atoms with van der Waals surface area (Å²) in [5, 5.41) is 12.6. The first kappa shape index (κ1) is 25.5. The summed E-state index contributed by atoms with van der Waals surface area (Å²) in [7, 11) is 1.43. The molecule has 0 aromatic heterocycles. The number of aryl methyl sites for hydroxylation is 1. The molecule has 3 aromatic carbocycles. The topological polar surface area (TPSA) is 88.4 Å². The Morgan fingerprint density at radius 3 is 2.46 bits per heavy atom. The van der Waals surface area contributed by atoms with Gasteiger partial charge in [0.25, 0.3) is 5.91 Å². The number of hydrogen-bond donors (Lipinski definition) is 1. The maximum Gasteiger partial charge on any atom is 0.345 e. The van der Waals surface area contributed by atoms with E-state index < -0.39 is 11.9 Å². The van der Waals surface area contributed by atoms with Crippen molar-refractivity contribution in [2.24, 2.45) is 0 Å². The first-order valence-electron chi connectivity index (χ1n) is 11.1. The number of methoxy groups -OCH3 is 1. The highest BCUT2D eigenvalue weighted by Crippen LogP contribution is 2.30. The van der Waals surface area contributed by atoms with E-state index in [-0.39, 0.29) is 27.7 Å². The van der Waals surface area contributed by atoms with Gasteiger partial charge in [-0.2, -0.15) is 5.26 Å². The summed E-state index contributed by atoms with van der Waals surface area (Å²) in [4.78, 5) is 25.1. The number of benzene rings is 3. The Morgan fingerprint density at radius 1 is 1.06 bits per heavy atom. The fourth-order valence-electron chi connectivity index (χ4n) is 3.29. The van der Waals surface area contributed by atoms with Crippen LogP contribution in [0.3, 0.4) is 0 Å². The maximum atomic E-state index is 12.6. The van der Waals surface area contributed by atoms with E-state index in [0.717, 1.165) is 19.3 Å². The van der Waals surface area contributed by atoms with Crippen molar-refractivity contribution < 1.29 is 19.1 Å². The fourth-order valence-corrected chi connectivity index (χ4v) is 3.50. The van der Waals surface area contributed by atoms with Gasteiger partial charge >= 0.3 is 5.97 Å². The third-order valence-electron chi connectivity index (χ3n) is 5.19. The minimum atomic E-state index is -0.630. The van der Waals surface area contributed by atoms with E-state index in [1.165, 1.54) is 24.8 Å². The molecule has 0 atom stereocenters. The van der Waals surface area contributed by atoms with E-state index in [1.807, 2.05) is 30.3 Å². The highest BCUT2D eigenvalue weighted by Gasteiger charge is 2.16. The molecule has 7 heteroatoms. The molecule has 0 aliphatic carbocycles. The summed E-state index contributed by atoms with van der Waals surface area (Å²) >= 11 is 6.06. The molecule has 0 bridgehead atoms. The van der Waals surface area contributed by atoms with E-state index in [0.29, 0.717) is 11.3 Å². The molecule has 0 aliphatic rings. The van der Waals surface area contributed by atoms with E-state index >= 15 is 0 Å². The van der Waals surface area contributed by atoms with Crippen LogP contribution < -0.4 is 14.8 Å². The first-order chi connectivity index (χ1) is 16.9. The number of unbranched alkanes of at least 4 members (excludes halogenated alkanes) is 1. The Balaban J connectivity index is 1.74. The summed E-state index contributed by atoms with van der Waals surface area (Å²) in [6, 6.07) is 20.8. The van der Waals surface area contributed by atoms with Crippen LogP contribution in [0.1, 0.15) is 41.3 Å². The van der Waals surface area contributed by atoms with Gasteiger partial charge in [-0.15, -0.1) is 0 Å². The average molecular weight is 489 g/mol. The molecule has 1 amide bonds. The summed E-state index contributed by atoms with van der Waals surface area (Å²) in [6.45, 7) is 2.14. The normalized spacial score (nSPS) is 10.9. The van der Waals surface area contributed by atoms with Crippen LogP contribution in [0.25, 0.3) is 6.08 Å². The number of carbonyl (C=O) groups excluding carboxylic acids is 2. The van der Waals surface area contributed by atoms with E-state index in [4.69, 9.17) is 21.1 Å². The van der Waals surface area contributed by atoms with Crippen LogP contribution in [0.2, 0.25) is 5.02 Å². The van der Waals surface area contributed by atoms with Crippen LogP contribution in [-0.4, -0.2) is 19.0 Å². The second-order valence-electron chi connectivity index (χ2n) is 7.70. The predicted molar refractivity (Wildman–Crippen MR) is 137 cm³/mol. The molecular formula is C28H25ClN2O4. The zero-order valence-corrected chi connectivity index (χ0v) is 20.3. The fraction of sp³-hybridized carbons (Fsp3) is 0.179. The number of ether oxygens (including phenoxy) is 2. The summed E-state index contributed by atoms with van der Waals surface area (Å²) in [6.07, 6.45) is 4.64. The van der Waals surface area contributed by atoms with Gasteiger partial charge < -0.3 is 14.8 Å². The van der Waals surface area contributed by atoms with Crippen molar-refractivity contribution in [3.05, 3.63) is 94.0 Å². The summed E-state index contributed by atoms with van der Waals surface area (Å²) in [5.74, 6) is -0.711. The largest absolute Gasteiger partial charge is 0.493 e. The quantitative estimate of drug-likeness (QED) is 0.162. The van der Waals surface area contributed by atoms with Crippen LogP contribution in [-0.2, 0) is 11.2 Å². The number of nitrogens with zero attached hydrogens (tertiary/aromatic N) is 1. The van der Waals surface area contributed by atoms with Crippen molar-refractivity contribution in [1.82, 2.24) is 0 Å². The number of esters is 1. The SMILES string of the molecule is CCCCc1ccc(NC(=O)C(C#N)=Cc2ccc(OC(=O)c3ccccc3Cl)c(OC)c2)cc1. The number of nitriles is 1. The molecule has 3 rings (SSSR count). The zero-order valence-electron chi connectivity index (χ0n) is 19.5. The lowest BCUT2D eigenvalue weighted by Gasteiger charge is -2.11. The zero-order chi connectivity index (χ0) is 25.2. The number of amides is 1. The molecule has 1 N–H and O–H groups in total. The smallest absolute Gasteiger partial charge is 0.345 e. The van der Waals surface area contributed by atoms with Crippen molar-refractivity contribution in [2.45, 2.75) is 26.2 Å². The van der Waals surface area contributed by atoms with Crippen molar-refractivity contribution in [1.29, 1.82) is 5.26 Å². The molecule has 0 spiro atoms. The molecule has 0 radical (unpaired) electrons. The highest BCUT2D eigenvalue weighted by molar-refractivity contribution is 6.33. The molecular weight excluding hydrogens is 464 g/mol. The molecule has 0 saturated heterocycles. The first-order valence-corrected chi connectivity index (χ1v) is 11.5. The molecule has 3 aromatic rings. The Kier molecular flexibility index (Phi) is 9.05. The van der Waals surface area contributed by atoms with Crippen molar-refractivity contribution in [3.63, 3.8) is 0 Å². The molecule has 35 heavy (non-hydrogen) atoms. The summed E-state index contributed by atoms with van der Waals surface area (Å²) < 4.78 is 10.8. The lowest BCUT2D eigenvalue weighted by Crippen LogP contribution is -2.13. The monoisotopic (exact) mass is 488 g/mol. The lowest BCUT2D eigenvalue weighted by molar-refractivity contribution is -0.112. The van der Waals surface area contributed by atoms with Gasteiger partial charge in [-0.05, 0) is 66.4 Å². The average Bonchev–Trinajstić information content (AvgIpc) is 2.87. The van der Waals surface area contributed by atoms with Gasteiger partial charge in [-0.25, -0.2) is 4.79 Å². The Labute approximate surface area is 209 Å². The standard InChI is InChI=1S/C28H25ClN2O4/c1-3-4-7-19-10-13-22(14-11-19)31-27(32)21(18-30)16-20-12-15-25(26(17-20)34-2)35-28(33)23-8-5-6-9-24(23)29/h5-6,8-17H,3-4,7H2,1-2H3,(H,31,32). The Bertz CT molecular complexity index is 1280. The third kappa shape index (κ3) is 6.95. The van der Waals surface area contributed by atoms with Crippen LogP contribution in [0.5, 0.6) is 11.5 Å². The lowest BCUT2D eigenvalue weighted by atomic mass is 10.1. The molecule has 0 fully saturated rings. The van der Waals surface area contributed by atoms with Gasteiger partial charge in [-0.1, -0.05) is 55.3 Å². The Morgan fingerprint density at radius 2 is 1.80 bits per heavy atom. The number of rotatable bonds is 9. The minimum absolute atomic E-state index is 0.0806. The van der Waals surface area contributed by atoms with Crippen LogP contribution in [0.15, 0.2) is 72.3 Å². The number of hydrogen-bond acceptors (Lipinski definition) is 5. The number of halogens is 1. The van der Waals surface area contributed by atoms with Crippen LogP contribution >= 0.6 is 11.6 Å². The van der Waals surface area contributed by atoms with Gasteiger partial charge in [0.1, 0.15) is 11.6 Å². The van der Waals surface area contributed by atoms with Crippen LogP contribution in [0, 0.1) is 11.3 Å². The highest BCUT2D eigenvalue weighted by atomic mass is 35.5. The Hall–Kier alpha value is -4.08. The van der Waals surface area contributed by atoms with Gasteiger partial charge in [0, 0.05) is 5.69 Å². The van der Waals surface area contributed by atoms with Gasteiger partial charge in [0.15, 0.2) is 11.5 Å². The number of carbonyl (C=O) groups is 2. The van der Waals surface area contributed by atoms with Crippen molar-refractivity contribution in [3.8, 4) is 17.6 Å². The molecule has 0 unspecified atom stereocenters. The van der Waals surface area contributed by atoms with E-state index in [1.54, 1.807) is 36.4 Å². The third-order valence-corrected chi connectivity index (χ3v) is 5.52. The van der Waals surface area contributed by atoms with Crippen molar-refractivity contribution in [2.75, 3.05) is 12.4 Å². The molecule has 0 aliphatic heterocycles. The number of anilines is 1. The second-order valence-corrected chi connectivity index (χ2v) is 8.11. The molecule has 0 saturated carbocycles. The van der Waals surface area contributed by atoms with E-state index in [2.05, 4.69) is 12.2 Å². The van der Waals surface area contributed by atoms with E-state index in [9.17, 15) is 14.9 Å². The summed E-state index contributed by atoms with van der Waals surface area (Å²) in [5.41, 5.74) is 2.48. The van der Waals surface area contributed by atoms with Gasteiger partial charge in [0.05, 0.1) is 17.7 Å². The second kappa shape index (κ2) is 12.4. The number of nitrogens with one attached hydrogen (secondary N) is 1. The molecule has 178 valence electrons. The minimum Gasteiger partial charge on any atom is -0.493 e. The van der Waals surface area contributed by atoms with Gasteiger partial charge in [-0.3, -0.25) is 4.79 Å². The van der Waals surface area contributed by atoms with Gasteiger partial charge in [0.2, 0.25) is 0 Å². The van der Waals surface area contributed by atoms with Crippen molar-refractivity contribution >= 4 is 35.2 Å². The van der Waals surface area contributed by atoms with Crippen LogP contribution in [0.4, 0.5) is 5.69 Å². The predicted octanol–water partition coefficient (Wildman–Crippen LogP) is 6.46. The molecule has 0 heterocycles.